The van der Waals surface area contributed by atoms with E-state index in [4.69, 9.17) is 9.41 Å². The average Bonchev–Trinajstić information content (AvgIpc) is 3.13. The maximum absolute atomic E-state index is 5.54. The third-order valence-corrected chi connectivity index (χ3v) is 4.68. The number of rotatable bonds is 9. The summed E-state index contributed by atoms with van der Waals surface area (Å²) < 4.78 is 5.54. The van der Waals surface area contributed by atoms with Gasteiger partial charge in [0.15, 0.2) is 5.96 Å². The first-order chi connectivity index (χ1) is 12.2. The van der Waals surface area contributed by atoms with Gasteiger partial charge in [-0.3, -0.25) is 9.89 Å². The zero-order chi connectivity index (χ0) is 17.9. The molecule has 0 saturated heterocycles. The molecule has 2 aromatic rings. The van der Waals surface area contributed by atoms with Crippen molar-refractivity contribution in [3.05, 3.63) is 54.5 Å². The van der Waals surface area contributed by atoms with Crippen LogP contribution < -0.4 is 10.6 Å². The Morgan fingerprint density at radius 2 is 1.92 bits per heavy atom. The summed E-state index contributed by atoms with van der Waals surface area (Å²) in [7, 11) is 4.08. The Labute approximate surface area is 178 Å². The molecule has 0 radical (unpaired) electrons. The highest BCUT2D eigenvalue weighted by Gasteiger charge is 2.16. The van der Waals surface area contributed by atoms with Gasteiger partial charge in [0.05, 0.1) is 18.8 Å². The number of benzene rings is 1. The molecule has 0 aliphatic heterocycles. The molecule has 0 bridgehead atoms. The lowest BCUT2D eigenvalue weighted by atomic mass is 10.2. The average molecular weight is 488 g/mol. The Morgan fingerprint density at radius 3 is 2.54 bits per heavy atom. The number of nitrogens with one attached hydrogen (secondary N) is 2. The van der Waals surface area contributed by atoms with Crippen LogP contribution in [-0.4, -0.2) is 50.3 Å². The molecular weight excluding hydrogens is 459 g/mol. The van der Waals surface area contributed by atoms with Crippen molar-refractivity contribution in [3.63, 3.8) is 0 Å². The molecular formula is C19H29IN4OS. The van der Waals surface area contributed by atoms with Crippen LogP contribution in [0, 0.1) is 0 Å². The van der Waals surface area contributed by atoms with E-state index in [0.29, 0.717) is 6.54 Å². The van der Waals surface area contributed by atoms with Crippen molar-refractivity contribution in [2.24, 2.45) is 4.99 Å². The van der Waals surface area contributed by atoms with Gasteiger partial charge < -0.3 is 15.1 Å². The fraction of sp³-hybridized carbons (Fsp3) is 0.421. The molecule has 0 saturated carbocycles. The van der Waals surface area contributed by atoms with Crippen LogP contribution in [0.1, 0.15) is 18.7 Å². The standard InChI is InChI=1S/C19H28N4OS.HI/c1-4-20-19(21-12-14-25-16-9-6-5-7-10-16)22-15-17(23(2)3)18-11-8-13-24-18;/h5-11,13,17H,4,12,14-15H2,1-3H3,(H2,20,21,22);1H. The molecule has 26 heavy (non-hydrogen) atoms. The van der Waals surface area contributed by atoms with E-state index in [2.05, 4.69) is 46.7 Å². The molecule has 5 nitrogen and oxygen atoms in total. The number of nitrogens with zero attached hydrogens (tertiary/aromatic N) is 2. The molecule has 1 heterocycles. The van der Waals surface area contributed by atoms with Crippen LogP contribution in [0.3, 0.4) is 0 Å². The van der Waals surface area contributed by atoms with Gasteiger partial charge in [-0.2, -0.15) is 0 Å². The summed E-state index contributed by atoms with van der Waals surface area (Å²) in [6, 6.07) is 14.5. The first-order valence-corrected chi connectivity index (χ1v) is 9.59. The first-order valence-electron chi connectivity index (χ1n) is 8.60. The summed E-state index contributed by atoms with van der Waals surface area (Å²) in [4.78, 5) is 8.13. The molecule has 1 unspecified atom stereocenters. The second-order valence-corrected chi connectivity index (χ2v) is 6.97. The van der Waals surface area contributed by atoms with E-state index in [1.54, 1.807) is 6.26 Å². The molecule has 2 N–H and O–H groups in total. The van der Waals surface area contributed by atoms with Crippen LogP contribution in [0.25, 0.3) is 0 Å². The van der Waals surface area contributed by atoms with Gasteiger partial charge in [0, 0.05) is 23.7 Å². The number of hydrogen-bond donors (Lipinski definition) is 2. The predicted molar refractivity (Wildman–Crippen MR) is 122 cm³/mol. The number of halogens is 1. The van der Waals surface area contributed by atoms with Gasteiger partial charge in [0.1, 0.15) is 5.76 Å². The van der Waals surface area contributed by atoms with E-state index in [1.807, 2.05) is 44.1 Å². The topological polar surface area (TPSA) is 52.8 Å². The largest absolute Gasteiger partial charge is 0.468 e. The lowest BCUT2D eigenvalue weighted by Gasteiger charge is -2.21. The molecule has 7 heteroatoms. The lowest BCUT2D eigenvalue weighted by Crippen LogP contribution is -2.39. The second kappa shape index (κ2) is 13.1. The van der Waals surface area contributed by atoms with Crippen molar-refractivity contribution in [3.8, 4) is 0 Å². The predicted octanol–water partition coefficient (Wildman–Crippen LogP) is 3.85. The summed E-state index contributed by atoms with van der Waals surface area (Å²) in [6.07, 6.45) is 1.71. The third-order valence-electron chi connectivity index (χ3n) is 3.67. The van der Waals surface area contributed by atoms with Gasteiger partial charge in [-0.05, 0) is 45.3 Å². The molecule has 1 aromatic heterocycles. The fourth-order valence-electron chi connectivity index (χ4n) is 2.36. The van der Waals surface area contributed by atoms with E-state index in [1.165, 1.54) is 4.90 Å². The second-order valence-electron chi connectivity index (χ2n) is 5.80. The summed E-state index contributed by atoms with van der Waals surface area (Å²) in [5, 5.41) is 6.70. The van der Waals surface area contributed by atoms with Crippen molar-refractivity contribution in [1.82, 2.24) is 15.5 Å². The van der Waals surface area contributed by atoms with Gasteiger partial charge in [0.2, 0.25) is 0 Å². The van der Waals surface area contributed by atoms with Crippen LogP contribution in [0.15, 0.2) is 63.0 Å². The number of hydrogen-bond acceptors (Lipinski definition) is 4. The lowest BCUT2D eigenvalue weighted by molar-refractivity contribution is 0.265. The summed E-state index contributed by atoms with van der Waals surface area (Å²) in [5.41, 5.74) is 0. The zero-order valence-corrected chi connectivity index (χ0v) is 18.8. The van der Waals surface area contributed by atoms with E-state index in [0.717, 1.165) is 30.6 Å². The highest BCUT2D eigenvalue weighted by molar-refractivity contribution is 14.0. The Hall–Kier alpha value is -1.19. The van der Waals surface area contributed by atoms with Gasteiger partial charge in [-0.15, -0.1) is 35.7 Å². The van der Waals surface area contributed by atoms with E-state index in [9.17, 15) is 0 Å². The van der Waals surface area contributed by atoms with Crippen molar-refractivity contribution < 1.29 is 4.42 Å². The van der Waals surface area contributed by atoms with Crippen LogP contribution in [0.4, 0.5) is 0 Å². The Balaban J connectivity index is 0.00000338. The highest BCUT2D eigenvalue weighted by Crippen LogP contribution is 2.19. The first kappa shape index (κ1) is 22.9. The van der Waals surface area contributed by atoms with E-state index < -0.39 is 0 Å². The molecule has 0 aliphatic rings. The van der Waals surface area contributed by atoms with Crippen molar-refractivity contribution in [1.29, 1.82) is 0 Å². The van der Waals surface area contributed by atoms with Gasteiger partial charge in [-0.1, -0.05) is 18.2 Å². The fourth-order valence-corrected chi connectivity index (χ4v) is 3.15. The summed E-state index contributed by atoms with van der Waals surface area (Å²) in [5.74, 6) is 2.77. The molecule has 0 spiro atoms. The molecule has 0 aliphatic carbocycles. The minimum Gasteiger partial charge on any atom is -0.468 e. The molecule has 144 valence electrons. The number of guanidine groups is 1. The van der Waals surface area contributed by atoms with Crippen LogP contribution in [-0.2, 0) is 0 Å². The molecule has 0 amide bonds. The van der Waals surface area contributed by atoms with Crippen LogP contribution in [0.5, 0.6) is 0 Å². The van der Waals surface area contributed by atoms with Gasteiger partial charge in [0.25, 0.3) is 0 Å². The molecule has 1 aromatic carbocycles. The number of furan rings is 1. The monoisotopic (exact) mass is 488 g/mol. The minimum atomic E-state index is 0. The number of likely N-dealkylation sites (N-methyl/N-ethyl adjacent to an activating group) is 1. The smallest absolute Gasteiger partial charge is 0.191 e. The quantitative estimate of drug-likeness (QED) is 0.185. The third kappa shape index (κ3) is 8.01. The van der Waals surface area contributed by atoms with Crippen LogP contribution in [0.2, 0.25) is 0 Å². The van der Waals surface area contributed by atoms with Gasteiger partial charge >= 0.3 is 0 Å². The Bertz CT molecular complexity index is 620. The highest BCUT2D eigenvalue weighted by atomic mass is 127. The Kier molecular flexibility index (Phi) is 11.5. The van der Waals surface area contributed by atoms with E-state index in [-0.39, 0.29) is 30.0 Å². The maximum Gasteiger partial charge on any atom is 0.191 e. The minimum absolute atomic E-state index is 0. The molecule has 2 rings (SSSR count). The molecule has 1 atom stereocenters. The maximum atomic E-state index is 5.54. The number of thioether (sulfide) groups is 1. The Morgan fingerprint density at radius 1 is 1.15 bits per heavy atom. The van der Waals surface area contributed by atoms with Gasteiger partial charge in [-0.25, -0.2) is 0 Å². The summed E-state index contributed by atoms with van der Waals surface area (Å²) >= 11 is 1.84. The van der Waals surface area contributed by atoms with Crippen molar-refractivity contribution >= 4 is 41.7 Å². The van der Waals surface area contributed by atoms with Crippen molar-refractivity contribution in [2.75, 3.05) is 39.5 Å². The van der Waals surface area contributed by atoms with E-state index >= 15 is 0 Å². The number of aliphatic imine (C=N–C) groups is 1. The van der Waals surface area contributed by atoms with Crippen LogP contribution >= 0.6 is 35.7 Å². The van der Waals surface area contributed by atoms with Crippen molar-refractivity contribution in [2.45, 2.75) is 17.9 Å². The molecule has 0 fully saturated rings. The summed E-state index contributed by atoms with van der Waals surface area (Å²) in [6.45, 7) is 4.41. The normalized spacial score (nSPS) is 12.5. The zero-order valence-electron chi connectivity index (χ0n) is 15.6. The SMILES string of the molecule is CCNC(=NCC(c1ccco1)N(C)C)NCCSc1ccccc1.I.